The van der Waals surface area contributed by atoms with Crippen LogP contribution in [-0.4, -0.2) is 11.1 Å². The minimum absolute atomic E-state index is 0.0222. The van der Waals surface area contributed by atoms with Crippen molar-refractivity contribution in [2.45, 2.75) is 13.5 Å². The van der Waals surface area contributed by atoms with E-state index in [9.17, 15) is 4.79 Å². The highest BCUT2D eigenvalue weighted by molar-refractivity contribution is 9.10. The summed E-state index contributed by atoms with van der Waals surface area (Å²) in [7, 11) is 0. The molecule has 1 aromatic heterocycles. The molecule has 12 heavy (non-hydrogen) atoms. The first-order valence-corrected chi connectivity index (χ1v) is 4.51. The zero-order valence-corrected chi connectivity index (χ0v) is 8.47. The van der Waals surface area contributed by atoms with Gasteiger partial charge in [0.15, 0.2) is 0 Å². The van der Waals surface area contributed by atoms with E-state index in [1.807, 2.05) is 6.92 Å². The van der Waals surface area contributed by atoms with E-state index in [0.717, 1.165) is 5.56 Å². The van der Waals surface area contributed by atoms with Crippen LogP contribution >= 0.6 is 15.9 Å². The Morgan fingerprint density at radius 2 is 2.33 bits per heavy atom. The first-order chi connectivity index (χ1) is 5.65. The van der Waals surface area contributed by atoms with Crippen LogP contribution in [0, 0.1) is 6.92 Å². The summed E-state index contributed by atoms with van der Waals surface area (Å²) in [6, 6.07) is 1.80. The largest absolute Gasteiger partial charge is 0.329 e. The van der Waals surface area contributed by atoms with E-state index in [1.54, 1.807) is 16.8 Å². The topological polar surface area (TPSA) is 48.0 Å². The number of halogens is 1. The van der Waals surface area contributed by atoms with Gasteiger partial charge in [-0.05, 0) is 34.5 Å². The Labute approximate surface area is 79.3 Å². The van der Waals surface area contributed by atoms with Crippen molar-refractivity contribution in [2.75, 3.05) is 6.54 Å². The quantitative estimate of drug-likeness (QED) is 0.821. The first kappa shape index (κ1) is 9.48. The zero-order chi connectivity index (χ0) is 9.14. The lowest BCUT2D eigenvalue weighted by molar-refractivity contribution is 0.674. The molecule has 2 N–H and O–H groups in total. The van der Waals surface area contributed by atoms with Gasteiger partial charge in [0.05, 0.1) is 4.47 Å². The Morgan fingerprint density at radius 1 is 1.67 bits per heavy atom. The molecule has 0 saturated heterocycles. The Morgan fingerprint density at radius 3 is 2.92 bits per heavy atom. The predicted octanol–water partition coefficient (Wildman–Crippen LogP) is 0.878. The van der Waals surface area contributed by atoms with E-state index < -0.39 is 0 Å². The SMILES string of the molecule is Cc1cc(Br)c(=O)n(CCN)c1. The second-order valence-electron chi connectivity index (χ2n) is 2.65. The summed E-state index contributed by atoms with van der Waals surface area (Å²) in [6.45, 7) is 2.99. The number of pyridine rings is 1. The standard InChI is InChI=1S/C8H11BrN2O/c1-6-4-7(9)8(12)11(5-6)3-2-10/h4-5H,2-3,10H2,1H3. The molecule has 0 spiro atoms. The summed E-state index contributed by atoms with van der Waals surface area (Å²) < 4.78 is 2.20. The van der Waals surface area contributed by atoms with Crippen LogP contribution in [0.4, 0.5) is 0 Å². The van der Waals surface area contributed by atoms with Crippen LogP contribution in [0.1, 0.15) is 5.56 Å². The molecule has 66 valence electrons. The average Bonchev–Trinajstić information content (AvgIpc) is 2.00. The zero-order valence-electron chi connectivity index (χ0n) is 6.88. The van der Waals surface area contributed by atoms with Gasteiger partial charge in [-0.1, -0.05) is 0 Å². The van der Waals surface area contributed by atoms with E-state index in [0.29, 0.717) is 17.6 Å². The number of nitrogens with two attached hydrogens (primary N) is 1. The number of nitrogens with zero attached hydrogens (tertiary/aromatic N) is 1. The molecule has 0 radical (unpaired) electrons. The van der Waals surface area contributed by atoms with Crippen molar-refractivity contribution in [1.82, 2.24) is 4.57 Å². The molecule has 0 unspecified atom stereocenters. The highest BCUT2D eigenvalue weighted by Gasteiger charge is 2.00. The number of rotatable bonds is 2. The highest BCUT2D eigenvalue weighted by atomic mass is 79.9. The second kappa shape index (κ2) is 3.87. The minimum Gasteiger partial charge on any atom is -0.329 e. The lowest BCUT2D eigenvalue weighted by Gasteiger charge is -2.04. The Bertz CT molecular complexity index is 332. The predicted molar refractivity (Wildman–Crippen MR) is 52.2 cm³/mol. The lowest BCUT2D eigenvalue weighted by atomic mass is 10.3. The molecule has 0 bridgehead atoms. The fourth-order valence-electron chi connectivity index (χ4n) is 1.05. The third-order valence-electron chi connectivity index (χ3n) is 1.55. The fourth-order valence-corrected chi connectivity index (χ4v) is 1.63. The molecule has 1 heterocycles. The summed E-state index contributed by atoms with van der Waals surface area (Å²) in [5.41, 5.74) is 6.38. The van der Waals surface area contributed by atoms with Gasteiger partial charge < -0.3 is 10.3 Å². The molecule has 0 aliphatic carbocycles. The maximum atomic E-state index is 11.4. The maximum Gasteiger partial charge on any atom is 0.264 e. The van der Waals surface area contributed by atoms with E-state index in [2.05, 4.69) is 15.9 Å². The molecule has 0 saturated carbocycles. The van der Waals surface area contributed by atoms with Crippen molar-refractivity contribution >= 4 is 15.9 Å². The second-order valence-corrected chi connectivity index (χ2v) is 3.51. The third kappa shape index (κ3) is 1.95. The van der Waals surface area contributed by atoms with Crippen LogP contribution in [0.5, 0.6) is 0 Å². The molecule has 4 heteroatoms. The van der Waals surface area contributed by atoms with Gasteiger partial charge in [-0.3, -0.25) is 4.79 Å². The Hall–Kier alpha value is -0.610. The van der Waals surface area contributed by atoms with Crippen LogP contribution in [0.15, 0.2) is 21.5 Å². The van der Waals surface area contributed by atoms with Gasteiger partial charge in [0.2, 0.25) is 0 Å². The molecular weight excluding hydrogens is 220 g/mol. The minimum atomic E-state index is -0.0222. The lowest BCUT2D eigenvalue weighted by Crippen LogP contribution is -2.24. The summed E-state index contributed by atoms with van der Waals surface area (Å²) in [6.07, 6.45) is 1.81. The molecule has 0 fully saturated rings. The molecule has 0 aliphatic heterocycles. The number of hydrogen-bond acceptors (Lipinski definition) is 2. The van der Waals surface area contributed by atoms with Crippen molar-refractivity contribution in [3.8, 4) is 0 Å². The molecule has 3 nitrogen and oxygen atoms in total. The molecular formula is C8H11BrN2O. The average molecular weight is 231 g/mol. The molecule has 1 rings (SSSR count). The van der Waals surface area contributed by atoms with Gasteiger partial charge in [0, 0.05) is 19.3 Å². The van der Waals surface area contributed by atoms with Crippen LogP contribution in [0.2, 0.25) is 0 Å². The van der Waals surface area contributed by atoms with Crippen molar-refractivity contribution < 1.29 is 0 Å². The summed E-state index contributed by atoms with van der Waals surface area (Å²) in [5, 5.41) is 0. The highest BCUT2D eigenvalue weighted by Crippen LogP contribution is 2.05. The van der Waals surface area contributed by atoms with Crippen molar-refractivity contribution in [3.63, 3.8) is 0 Å². The summed E-state index contributed by atoms with van der Waals surface area (Å²) in [4.78, 5) is 11.4. The van der Waals surface area contributed by atoms with Crippen LogP contribution < -0.4 is 11.3 Å². The van der Waals surface area contributed by atoms with Crippen molar-refractivity contribution in [3.05, 3.63) is 32.7 Å². The van der Waals surface area contributed by atoms with E-state index in [4.69, 9.17) is 5.73 Å². The number of aromatic nitrogens is 1. The Balaban J connectivity index is 3.19. The van der Waals surface area contributed by atoms with Gasteiger partial charge in [0.1, 0.15) is 0 Å². The molecule has 1 aromatic rings. The first-order valence-electron chi connectivity index (χ1n) is 3.72. The summed E-state index contributed by atoms with van der Waals surface area (Å²) in [5.74, 6) is 0. The van der Waals surface area contributed by atoms with E-state index >= 15 is 0 Å². The van der Waals surface area contributed by atoms with Gasteiger partial charge in [-0.2, -0.15) is 0 Å². The van der Waals surface area contributed by atoms with Gasteiger partial charge in [-0.25, -0.2) is 0 Å². The van der Waals surface area contributed by atoms with Crippen molar-refractivity contribution in [2.24, 2.45) is 5.73 Å². The number of aryl methyl sites for hydroxylation is 1. The Kier molecular flexibility index (Phi) is 3.05. The molecule has 0 amide bonds. The maximum absolute atomic E-state index is 11.4. The van der Waals surface area contributed by atoms with E-state index in [-0.39, 0.29) is 5.56 Å². The van der Waals surface area contributed by atoms with Crippen LogP contribution in [0.3, 0.4) is 0 Å². The third-order valence-corrected chi connectivity index (χ3v) is 2.12. The van der Waals surface area contributed by atoms with Crippen LogP contribution in [-0.2, 0) is 6.54 Å². The molecule has 0 atom stereocenters. The monoisotopic (exact) mass is 230 g/mol. The fraction of sp³-hybridized carbons (Fsp3) is 0.375. The van der Waals surface area contributed by atoms with Crippen molar-refractivity contribution in [1.29, 1.82) is 0 Å². The van der Waals surface area contributed by atoms with Crippen LogP contribution in [0.25, 0.3) is 0 Å². The van der Waals surface area contributed by atoms with E-state index in [1.165, 1.54) is 0 Å². The number of hydrogen-bond donors (Lipinski definition) is 1. The van der Waals surface area contributed by atoms with Gasteiger partial charge in [0.25, 0.3) is 5.56 Å². The van der Waals surface area contributed by atoms with Gasteiger partial charge >= 0.3 is 0 Å². The summed E-state index contributed by atoms with van der Waals surface area (Å²) >= 11 is 3.19. The van der Waals surface area contributed by atoms with Gasteiger partial charge in [-0.15, -0.1) is 0 Å². The molecule has 0 aliphatic rings. The molecule has 0 aromatic carbocycles. The normalized spacial score (nSPS) is 10.2. The smallest absolute Gasteiger partial charge is 0.264 e.